The van der Waals surface area contributed by atoms with E-state index in [0.717, 1.165) is 4.88 Å². The molecule has 0 aromatic carbocycles. The predicted octanol–water partition coefficient (Wildman–Crippen LogP) is 2.25. The summed E-state index contributed by atoms with van der Waals surface area (Å²) in [6.07, 6.45) is 0.0592. The van der Waals surface area contributed by atoms with Crippen LogP contribution in [0.3, 0.4) is 0 Å². The largest absolute Gasteiger partial charge is 0.391 e. The van der Waals surface area contributed by atoms with Crippen LogP contribution in [0, 0.1) is 5.41 Å². The van der Waals surface area contributed by atoms with Crippen molar-refractivity contribution < 1.29 is 14.4 Å². The van der Waals surface area contributed by atoms with Gasteiger partial charge >= 0.3 is 0 Å². The molecule has 120 valence electrons. The van der Waals surface area contributed by atoms with Gasteiger partial charge in [0.15, 0.2) is 0 Å². The number of aryl methyl sites for hydroxylation is 1. The van der Waals surface area contributed by atoms with Gasteiger partial charge < -0.3 is 14.9 Å². The summed E-state index contributed by atoms with van der Waals surface area (Å²) in [5.41, 5.74) is -0.255. The third kappa shape index (κ3) is 4.64. The van der Waals surface area contributed by atoms with Crippen LogP contribution in [0.25, 0.3) is 10.7 Å². The molecule has 1 atom stereocenters. The second-order valence-electron chi connectivity index (χ2n) is 6.17. The van der Waals surface area contributed by atoms with E-state index < -0.39 is 6.10 Å². The summed E-state index contributed by atoms with van der Waals surface area (Å²) in [4.78, 5) is 17.0. The molecule has 0 aliphatic heterocycles. The Bertz CT molecular complexity index is 602. The first-order valence-corrected chi connectivity index (χ1v) is 8.05. The number of hydrogen-bond donors (Lipinski definition) is 2. The van der Waals surface area contributed by atoms with Gasteiger partial charge in [-0.15, -0.1) is 11.3 Å². The maximum Gasteiger partial charge on any atom is 0.227 e. The van der Waals surface area contributed by atoms with Crippen LogP contribution in [0.1, 0.15) is 33.1 Å². The smallest absolute Gasteiger partial charge is 0.227 e. The molecular formula is C15H21N3O3S. The van der Waals surface area contributed by atoms with E-state index >= 15 is 0 Å². The van der Waals surface area contributed by atoms with E-state index in [0.29, 0.717) is 18.1 Å². The number of carbonyl (C=O) groups excluding carboxylic acids is 1. The van der Waals surface area contributed by atoms with Crippen LogP contribution >= 0.6 is 11.3 Å². The molecule has 1 unspecified atom stereocenters. The fourth-order valence-corrected chi connectivity index (χ4v) is 2.34. The molecule has 0 aliphatic carbocycles. The Kier molecular flexibility index (Phi) is 5.31. The van der Waals surface area contributed by atoms with E-state index in [1.807, 2.05) is 38.3 Å². The molecule has 6 nitrogen and oxygen atoms in total. The van der Waals surface area contributed by atoms with Gasteiger partial charge in [0.2, 0.25) is 17.6 Å². The molecule has 2 aromatic rings. The highest BCUT2D eigenvalue weighted by atomic mass is 32.1. The SMILES string of the molecule is CC(C)(C)C(O)CNC(=O)CCc1nc(-c2cccs2)no1. The number of amides is 1. The minimum absolute atomic E-state index is 0.140. The van der Waals surface area contributed by atoms with Crippen molar-refractivity contribution in [1.29, 1.82) is 0 Å². The van der Waals surface area contributed by atoms with Crippen LogP contribution in [0.2, 0.25) is 0 Å². The summed E-state index contributed by atoms with van der Waals surface area (Å²) in [5, 5.41) is 18.4. The molecule has 0 fully saturated rings. The molecule has 0 radical (unpaired) electrons. The highest BCUT2D eigenvalue weighted by Gasteiger charge is 2.22. The molecule has 7 heteroatoms. The Morgan fingerprint density at radius 2 is 2.27 bits per heavy atom. The third-order valence-electron chi connectivity index (χ3n) is 3.27. The van der Waals surface area contributed by atoms with Crippen LogP contribution in [0.5, 0.6) is 0 Å². The lowest BCUT2D eigenvalue weighted by Gasteiger charge is -2.25. The van der Waals surface area contributed by atoms with Crippen LogP contribution in [-0.2, 0) is 11.2 Å². The van der Waals surface area contributed by atoms with Gasteiger partial charge in [0.05, 0.1) is 11.0 Å². The number of nitrogens with zero attached hydrogens (tertiary/aromatic N) is 2. The number of aromatic nitrogens is 2. The van der Waals surface area contributed by atoms with Gasteiger partial charge in [0.1, 0.15) is 0 Å². The lowest BCUT2D eigenvalue weighted by Crippen LogP contribution is -2.39. The molecular weight excluding hydrogens is 302 g/mol. The van der Waals surface area contributed by atoms with Crippen molar-refractivity contribution in [1.82, 2.24) is 15.5 Å². The first kappa shape index (κ1) is 16.6. The second kappa shape index (κ2) is 7.02. The normalized spacial score (nSPS) is 13.1. The number of hydrogen-bond acceptors (Lipinski definition) is 6. The van der Waals surface area contributed by atoms with Gasteiger partial charge in [-0.25, -0.2) is 0 Å². The molecule has 2 N–H and O–H groups in total. The van der Waals surface area contributed by atoms with Crippen molar-refractivity contribution in [3.05, 3.63) is 23.4 Å². The minimum atomic E-state index is -0.578. The highest BCUT2D eigenvalue weighted by Crippen LogP contribution is 2.21. The van der Waals surface area contributed by atoms with Crippen molar-refractivity contribution in [2.24, 2.45) is 5.41 Å². The summed E-state index contributed by atoms with van der Waals surface area (Å²) in [7, 11) is 0. The van der Waals surface area contributed by atoms with Crippen LogP contribution < -0.4 is 5.32 Å². The first-order valence-electron chi connectivity index (χ1n) is 7.17. The van der Waals surface area contributed by atoms with E-state index in [2.05, 4.69) is 15.5 Å². The quantitative estimate of drug-likeness (QED) is 0.851. The third-order valence-corrected chi connectivity index (χ3v) is 4.13. The lowest BCUT2D eigenvalue weighted by molar-refractivity contribution is -0.121. The molecule has 2 rings (SSSR count). The van der Waals surface area contributed by atoms with Crippen molar-refractivity contribution in [3.8, 4) is 10.7 Å². The summed E-state index contributed by atoms with van der Waals surface area (Å²) in [5.74, 6) is 0.850. The Hall–Kier alpha value is -1.73. The second-order valence-corrected chi connectivity index (χ2v) is 7.12. The van der Waals surface area contributed by atoms with Crippen LogP contribution in [-0.4, -0.2) is 33.8 Å². The summed E-state index contributed by atoms with van der Waals surface area (Å²) in [6, 6.07) is 3.84. The number of aliphatic hydroxyl groups is 1. The number of nitrogens with one attached hydrogen (secondary N) is 1. The Balaban J connectivity index is 1.77. The van der Waals surface area contributed by atoms with Crippen molar-refractivity contribution in [3.63, 3.8) is 0 Å². The van der Waals surface area contributed by atoms with Gasteiger partial charge in [0.25, 0.3) is 0 Å². The number of carbonyl (C=O) groups is 1. The molecule has 22 heavy (non-hydrogen) atoms. The molecule has 1 amide bonds. The first-order chi connectivity index (χ1) is 10.4. The van der Waals surface area contributed by atoms with Crippen molar-refractivity contribution >= 4 is 17.2 Å². The van der Waals surface area contributed by atoms with Gasteiger partial charge in [0, 0.05) is 19.4 Å². The Morgan fingerprint density at radius 1 is 1.50 bits per heavy atom. The monoisotopic (exact) mass is 323 g/mol. The van der Waals surface area contributed by atoms with E-state index in [1.54, 1.807) is 0 Å². The van der Waals surface area contributed by atoms with Crippen molar-refractivity contribution in [2.75, 3.05) is 6.54 Å². The van der Waals surface area contributed by atoms with E-state index in [-0.39, 0.29) is 24.3 Å². The average molecular weight is 323 g/mol. The molecule has 0 bridgehead atoms. The zero-order valence-electron chi connectivity index (χ0n) is 13.0. The maximum absolute atomic E-state index is 11.8. The standard InChI is InChI=1S/C15H21N3O3S/c1-15(2,3)11(19)9-16-12(20)6-7-13-17-14(18-21-13)10-5-4-8-22-10/h4-5,8,11,19H,6-7,9H2,1-3H3,(H,16,20). The summed E-state index contributed by atoms with van der Waals surface area (Å²) < 4.78 is 5.13. The predicted molar refractivity (Wildman–Crippen MR) is 84.4 cm³/mol. The molecule has 0 saturated carbocycles. The van der Waals surface area contributed by atoms with Crippen LogP contribution in [0.15, 0.2) is 22.0 Å². The van der Waals surface area contributed by atoms with Gasteiger partial charge in [-0.1, -0.05) is 32.0 Å². The topological polar surface area (TPSA) is 88.2 Å². The highest BCUT2D eigenvalue weighted by molar-refractivity contribution is 7.13. The minimum Gasteiger partial charge on any atom is -0.391 e. The summed E-state index contributed by atoms with van der Waals surface area (Å²) in [6.45, 7) is 6.02. The average Bonchev–Trinajstić information content (AvgIpc) is 3.11. The van der Waals surface area contributed by atoms with Gasteiger partial charge in [-0.3, -0.25) is 4.79 Å². The fourth-order valence-electron chi connectivity index (χ4n) is 1.69. The van der Waals surface area contributed by atoms with Gasteiger partial charge in [-0.2, -0.15) is 4.98 Å². The lowest BCUT2D eigenvalue weighted by atomic mass is 9.89. The fraction of sp³-hybridized carbons (Fsp3) is 0.533. The molecule has 0 saturated heterocycles. The number of thiophene rings is 1. The molecule has 2 heterocycles. The maximum atomic E-state index is 11.8. The Labute approximate surface area is 133 Å². The summed E-state index contributed by atoms with van der Waals surface area (Å²) >= 11 is 1.54. The van der Waals surface area contributed by atoms with E-state index in [1.165, 1.54) is 11.3 Å². The van der Waals surface area contributed by atoms with E-state index in [4.69, 9.17) is 4.52 Å². The van der Waals surface area contributed by atoms with Crippen LogP contribution in [0.4, 0.5) is 0 Å². The van der Waals surface area contributed by atoms with Crippen molar-refractivity contribution in [2.45, 2.75) is 39.7 Å². The Morgan fingerprint density at radius 3 is 2.91 bits per heavy atom. The molecule has 0 aliphatic rings. The number of rotatable bonds is 6. The molecule has 2 aromatic heterocycles. The zero-order chi connectivity index (χ0) is 16.2. The van der Waals surface area contributed by atoms with Gasteiger partial charge in [-0.05, 0) is 16.9 Å². The zero-order valence-corrected chi connectivity index (χ0v) is 13.8. The number of aliphatic hydroxyl groups excluding tert-OH is 1. The molecule has 0 spiro atoms. The van der Waals surface area contributed by atoms with E-state index in [9.17, 15) is 9.90 Å².